The Bertz CT molecular complexity index is 447. The zero-order valence-corrected chi connectivity index (χ0v) is 9.51. The Morgan fingerprint density at radius 3 is 3.00 bits per heavy atom. The van der Waals surface area contributed by atoms with Gasteiger partial charge in [0.15, 0.2) is 0 Å². The lowest BCUT2D eigenvalue weighted by atomic mass is 10.1. The van der Waals surface area contributed by atoms with Gasteiger partial charge in [-0.1, -0.05) is 22.0 Å². The number of halogens is 1. The van der Waals surface area contributed by atoms with Gasteiger partial charge in [0.05, 0.1) is 6.10 Å². The number of H-pyrrole nitrogens is 1. The zero-order valence-electron chi connectivity index (χ0n) is 7.92. The lowest BCUT2D eigenvalue weighted by Crippen LogP contribution is -2.03. The van der Waals surface area contributed by atoms with E-state index < -0.39 is 0 Å². The van der Waals surface area contributed by atoms with Crippen LogP contribution in [0.2, 0.25) is 0 Å². The molecule has 0 aliphatic heterocycles. The second kappa shape index (κ2) is 3.75. The van der Waals surface area contributed by atoms with Crippen LogP contribution in [-0.2, 0) is 6.42 Å². The smallest absolute Gasteiger partial charge is 0.0553 e. The largest absolute Gasteiger partial charge is 0.393 e. The molecule has 0 saturated heterocycles. The molecule has 2 nitrogen and oxygen atoms in total. The summed E-state index contributed by atoms with van der Waals surface area (Å²) >= 11 is 3.52. The van der Waals surface area contributed by atoms with Gasteiger partial charge < -0.3 is 10.1 Å². The van der Waals surface area contributed by atoms with Crippen molar-refractivity contribution in [1.82, 2.24) is 4.98 Å². The monoisotopic (exact) mass is 253 g/mol. The number of nitrogens with one attached hydrogen (secondary N) is 1. The van der Waals surface area contributed by atoms with Gasteiger partial charge in [0.25, 0.3) is 0 Å². The van der Waals surface area contributed by atoms with Crippen molar-refractivity contribution in [1.29, 1.82) is 0 Å². The first-order valence-corrected chi connectivity index (χ1v) is 5.40. The van der Waals surface area contributed by atoms with Crippen molar-refractivity contribution in [2.45, 2.75) is 19.4 Å². The van der Waals surface area contributed by atoms with Gasteiger partial charge in [-0.3, -0.25) is 0 Å². The predicted molar refractivity (Wildman–Crippen MR) is 61.4 cm³/mol. The molecule has 1 aromatic heterocycles. The standard InChI is InChI=1S/C11H12BrNO/c1-7(14)5-8-6-13-10-4-2-3-9(12)11(8)10/h2-4,6-7,13-14H,5H2,1H3. The Labute approximate surface area is 91.1 Å². The van der Waals surface area contributed by atoms with Gasteiger partial charge in [0.2, 0.25) is 0 Å². The number of aromatic nitrogens is 1. The van der Waals surface area contributed by atoms with Gasteiger partial charge in [0.1, 0.15) is 0 Å². The van der Waals surface area contributed by atoms with Crippen LogP contribution in [0.25, 0.3) is 10.9 Å². The first-order chi connectivity index (χ1) is 6.68. The average molecular weight is 254 g/mol. The van der Waals surface area contributed by atoms with Crippen LogP contribution in [0.1, 0.15) is 12.5 Å². The topological polar surface area (TPSA) is 36.0 Å². The molecule has 74 valence electrons. The van der Waals surface area contributed by atoms with Gasteiger partial charge in [0, 0.05) is 28.0 Å². The van der Waals surface area contributed by atoms with Crippen LogP contribution in [0, 0.1) is 0 Å². The minimum Gasteiger partial charge on any atom is -0.393 e. The van der Waals surface area contributed by atoms with E-state index in [1.165, 1.54) is 5.39 Å². The number of rotatable bonds is 2. The van der Waals surface area contributed by atoms with E-state index in [0.29, 0.717) is 6.42 Å². The van der Waals surface area contributed by atoms with E-state index in [-0.39, 0.29) is 6.10 Å². The molecule has 0 saturated carbocycles. The van der Waals surface area contributed by atoms with Crippen LogP contribution in [0.5, 0.6) is 0 Å². The summed E-state index contributed by atoms with van der Waals surface area (Å²) in [5.74, 6) is 0. The minimum atomic E-state index is -0.305. The number of hydrogen-bond acceptors (Lipinski definition) is 1. The van der Waals surface area contributed by atoms with Gasteiger partial charge >= 0.3 is 0 Å². The molecule has 2 rings (SSSR count). The maximum absolute atomic E-state index is 9.35. The van der Waals surface area contributed by atoms with E-state index in [9.17, 15) is 5.11 Å². The lowest BCUT2D eigenvalue weighted by Gasteiger charge is -2.03. The fourth-order valence-electron chi connectivity index (χ4n) is 1.69. The molecular weight excluding hydrogens is 242 g/mol. The van der Waals surface area contributed by atoms with E-state index in [2.05, 4.69) is 20.9 Å². The number of aromatic amines is 1. The number of hydrogen-bond donors (Lipinski definition) is 2. The van der Waals surface area contributed by atoms with Crippen LogP contribution in [-0.4, -0.2) is 16.2 Å². The lowest BCUT2D eigenvalue weighted by molar-refractivity contribution is 0.196. The summed E-state index contributed by atoms with van der Waals surface area (Å²) in [5, 5.41) is 10.5. The fraction of sp³-hybridized carbons (Fsp3) is 0.273. The van der Waals surface area contributed by atoms with Crippen molar-refractivity contribution in [3.05, 3.63) is 34.4 Å². The Hall–Kier alpha value is -0.800. The van der Waals surface area contributed by atoms with Crippen LogP contribution in [0.4, 0.5) is 0 Å². The van der Waals surface area contributed by atoms with Crippen molar-refractivity contribution < 1.29 is 5.11 Å². The SMILES string of the molecule is CC(O)Cc1c[nH]c2cccc(Br)c12. The Morgan fingerprint density at radius 2 is 2.29 bits per heavy atom. The van der Waals surface area contributed by atoms with Gasteiger partial charge in [-0.2, -0.15) is 0 Å². The number of fused-ring (bicyclic) bond motifs is 1. The molecule has 0 aliphatic rings. The maximum Gasteiger partial charge on any atom is 0.0553 e. The maximum atomic E-state index is 9.35. The van der Waals surface area contributed by atoms with Gasteiger partial charge in [-0.25, -0.2) is 0 Å². The second-order valence-electron chi connectivity index (χ2n) is 3.53. The molecule has 1 atom stereocenters. The molecule has 0 aliphatic carbocycles. The van der Waals surface area contributed by atoms with Crippen molar-refractivity contribution in [2.75, 3.05) is 0 Å². The van der Waals surface area contributed by atoms with E-state index in [0.717, 1.165) is 15.6 Å². The van der Waals surface area contributed by atoms with Crippen molar-refractivity contribution in [3.8, 4) is 0 Å². The summed E-state index contributed by atoms with van der Waals surface area (Å²) in [6.45, 7) is 1.80. The molecule has 0 radical (unpaired) electrons. The highest BCUT2D eigenvalue weighted by molar-refractivity contribution is 9.10. The normalized spacial score (nSPS) is 13.4. The molecule has 1 aromatic carbocycles. The molecular formula is C11H12BrNO. The molecule has 1 heterocycles. The molecule has 1 unspecified atom stereocenters. The number of aliphatic hydroxyl groups is 1. The van der Waals surface area contributed by atoms with E-state index >= 15 is 0 Å². The second-order valence-corrected chi connectivity index (χ2v) is 4.38. The van der Waals surface area contributed by atoms with Crippen molar-refractivity contribution in [2.24, 2.45) is 0 Å². The van der Waals surface area contributed by atoms with Crippen LogP contribution < -0.4 is 0 Å². The summed E-state index contributed by atoms with van der Waals surface area (Å²) in [7, 11) is 0. The van der Waals surface area contributed by atoms with E-state index in [1.807, 2.05) is 24.4 Å². The first kappa shape index (κ1) is 9.74. The molecule has 2 aromatic rings. The Morgan fingerprint density at radius 1 is 1.50 bits per heavy atom. The number of aliphatic hydroxyl groups excluding tert-OH is 1. The summed E-state index contributed by atoms with van der Waals surface area (Å²) in [6.07, 6.45) is 2.34. The Kier molecular flexibility index (Phi) is 2.61. The van der Waals surface area contributed by atoms with Crippen LogP contribution in [0.3, 0.4) is 0 Å². The summed E-state index contributed by atoms with van der Waals surface area (Å²) in [6, 6.07) is 6.04. The average Bonchev–Trinajstić information content (AvgIpc) is 2.49. The predicted octanol–water partition coefficient (Wildman–Crippen LogP) is 2.85. The van der Waals surface area contributed by atoms with Gasteiger partial charge in [-0.15, -0.1) is 0 Å². The Balaban J connectivity index is 2.55. The van der Waals surface area contributed by atoms with E-state index in [1.54, 1.807) is 6.92 Å². The third kappa shape index (κ3) is 1.70. The fourth-order valence-corrected chi connectivity index (χ4v) is 2.31. The highest BCUT2D eigenvalue weighted by atomic mass is 79.9. The molecule has 0 spiro atoms. The third-order valence-corrected chi connectivity index (χ3v) is 2.91. The molecule has 0 amide bonds. The highest BCUT2D eigenvalue weighted by Gasteiger charge is 2.08. The zero-order chi connectivity index (χ0) is 10.1. The van der Waals surface area contributed by atoms with Gasteiger partial charge in [-0.05, 0) is 24.6 Å². The minimum absolute atomic E-state index is 0.305. The molecule has 14 heavy (non-hydrogen) atoms. The molecule has 0 fully saturated rings. The van der Waals surface area contributed by atoms with Crippen molar-refractivity contribution in [3.63, 3.8) is 0 Å². The highest BCUT2D eigenvalue weighted by Crippen LogP contribution is 2.27. The third-order valence-electron chi connectivity index (χ3n) is 2.25. The van der Waals surface area contributed by atoms with Crippen LogP contribution >= 0.6 is 15.9 Å². The summed E-state index contributed by atoms with van der Waals surface area (Å²) in [5.41, 5.74) is 2.26. The first-order valence-electron chi connectivity index (χ1n) is 4.61. The van der Waals surface area contributed by atoms with Crippen LogP contribution in [0.15, 0.2) is 28.9 Å². The molecule has 3 heteroatoms. The summed E-state index contributed by atoms with van der Waals surface area (Å²) < 4.78 is 1.08. The summed E-state index contributed by atoms with van der Waals surface area (Å²) in [4.78, 5) is 3.19. The van der Waals surface area contributed by atoms with Crippen molar-refractivity contribution >= 4 is 26.8 Å². The van der Waals surface area contributed by atoms with E-state index in [4.69, 9.17) is 0 Å². The molecule has 2 N–H and O–H groups in total. The number of benzene rings is 1. The quantitative estimate of drug-likeness (QED) is 0.849. The molecule has 0 bridgehead atoms.